The fourth-order valence-corrected chi connectivity index (χ4v) is 3.18. The van der Waals surface area contributed by atoms with Gasteiger partial charge in [-0.05, 0) is 42.8 Å². The second-order valence-corrected chi connectivity index (χ2v) is 6.53. The van der Waals surface area contributed by atoms with Crippen LogP contribution in [-0.2, 0) is 9.59 Å². The lowest BCUT2D eigenvalue weighted by molar-refractivity contribution is -0.122. The molecule has 1 unspecified atom stereocenters. The van der Waals surface area contributed by atoms with Crippen LogP contribution >= 0.6 is 0 Å². The number of rotatable bonds is 5. The van der Waals surface area contributed by atoms with Gasteiger partial charge in [-0.15, -0.1) is 0 Å². The minimum atomic E-state index is -0.453. The van der Waals surface area contributed by atoms with Crippen LogP contribution in [0.1, 0.15) is 12.0 Å². The number of hydrogen-bond donors (Lipinski definition) is 2. The van der Waals surface area contributed by atoms with E-state index in [1.54, 1.807) is 30.2 Å². The highest BCUT2D eigenvalue weighted by atomic mass is 16.5. The second kappa shape index (κ2) is 7.57. The summed E-state index contributed by atoms with van der Waals surface area (Å²) in [6.45, 7) is 2.25. The fraction of sp³-hybridized carbons (Fsp3) is 0.300. The maximum absolute atomic E-state index is 12.6. The van der Waals surface area contributed by atoms with E-state index >= 15 is 0 Å². The summed E-state index contributed by atoms with van der Waals surface area (Å²) >= 11 is 0. The van der Waals surface area contributed by atoms with Gasteiger partial charge in [0.05, 0.1) is 31.5 Å². The van der Waals surface area contributed by atoms with E-state index in [4.69, 9.17) is 15.2 Å². The number of nitrogens with zero attached hydrogens (tertiary/aromatic N) is 1. The lowest BCUT2D eigenvalue weighted by Crippen LogP contribution is -2.28. The number of anilines is 3. The van der Waals surface area contributed by atoms with E-state index in [0.29, 0.717) is 35.1 Å². The molecule has 0 radical (unpaired) electrons. The first-order chi connectivity index (χ1) is 12.9. The quantitative estimate of drug-likeness (QED) is 0.790. The highest BCUT2D eigenvalue weighted by molar-refractivity contribution is 6.04. The number of carbonyl (C=O) groups is 2. The van der Waals surface area contributed by atoms with Crippen molar-refractivity contribution in [2.24, 2.45) is 5.92 Å². The molecular formula is C20H23N3O4. The van der Waals surface area contributed by atoms with Crippen LogP contribution in [0.5, 0.6) is 11.5 Å². The van der Waals surface area contributed by atoms with Crippen molar-refractivity contribution in [2.45, 2.75) is 13.3 Å². The van der Waals surface area contributed by atoms with Crippen LogP contribution in [0.3, 0.4) is 0 Å². The second-order valence-electron chi connectivity index (χ2n) is 6.53. The summed E-state index contributed by atoms with van der Waals surface area (Å²) in [7, 11) is 3.09. The molecule has 7 nitrogen and oxygen atoms in total. The Morgan fingerprint density at radius 3 is 2.52 bits per heavy atom. The molecule has 0 bridgehead atoms. The topological polar surface area (TPSA) is 93.9 Å². The number of benzene rings is 2. The highest BCUT2D eigenvalue weighted by Crippen LogP contribution is 2.34. The minimum absolute atomic E-state index is 0.103. The van der Waals surface area contributed by atoms with Gasteiger partial charge in [-0.25, -0.2) is 0 Å². The maximum atomic E-state index is 12.6. The number of aryl methyl sites for hydroxylation is 1. The third-order valence-corrected chi connectivity index (χ3v) is 4.62. The van der Waals surface area contributed by atoms with Crippen molar-refractivity contribution in [1.29, 1.82) is 0 Å². The first-order valence-electron chi connectivity index (χ1n) is 8.62. The average molecular weight is 369 g/mol. The first-order valence-corrected chi connectivity index (χ1v) is 8.62. The molecule has 0 aromatic heterocycles. The zero-order valence-corrected chi connectivity index (χ0v) is 15.6. The number of carbonyl (C=O) groups excluding carboxylic acids is 2. The van der Waals surface area contributed by atoms with Crippen molar-refractivity contribution in [3.63, 3.8) is 0 Å². The summed E-state index contributed by atoms with van der Waals surface area (Å²) in [5.74, 6) is 0.376. The molecule has 1 saturated heterocycles. The normalized spacial score (nSPS) is 16.3. The van der Waals surface area contributed by atoms with Gasteiger partial charge in [0.2, 0.25) is 11.8 Å². The molecule has 3 rings (SSSR count). The maximum Gasteiger partial charge on any atom is 0.229 e. The van der Waals surface area contributed by atoms with Gasteiger partial charge in [0.25, 0.3) is 0 Å². The van der Waals surface area contributed by atoms with Crippen LogP contribution in [0.4, 0.5) is 17.1 Å². The van der Waals surface area contributed by atoms with Gasteiger partial charge in [-0.2, -0.15) is 0 Å². The Hall–Kier alpha value is -3.22. The molecule has 0 aliphatic carbocycles. The van der Waals surface area contributed by atoms with Crippen molar-refractivity contribution in [3.05, 3.63) is 42.0 Å². The monoisotopic (exact) mass is 369 g/mol. The first kappa shape index (κ1) is 18.6. The van der Waals surface area contributed by atoms with Crippen LogP contribution in [0, 0.1) is 12.8 Å². The Balaban J connectivity index is 1.74. The molecule has 1 fully saturated rings. The van der Waals surface area contributed by atoms with E-state index in [-0.39, 0.29) is 18.2 Å². The zero-order chi connectivity index (χ0) is 19.6. The molecule has 3 N–H and O–H groups in total. The Bertz CT molecular complexity index is 882. The number of amides is 2. The summed E-state index contributed by atoms with van der Waals surface area (Å²) in [6.07, 6.45) is 0.147. The zero-order valence-electron chi connectivity index (χ0n) is 15.6. The van der Waals surface area contributed by atoms with Gasteiger partial charge in [0, 0.05) is 18.7 Å². The Morgan fingerprint density at radius 1 is 1.15 bits per heavy atom. The van der Waals surface area contributed by atoms with E-state index in [9.17, 15) is 9.59 Å². The molecule has 142 valence electrons. The molecule has 1 atom stereocenters. The van der Waals surface area contributed by atoms with Crippen molar-refractivity contribution < 1.29 is 19.1 Å². The third kappa shape index (κ3) is 3.81. The van der Waals surface area contributed by atoms with Crippen LogP contribution in [0.2, 0.25) is 0 Å². The molecule has 27 heavy (non-hydrogen) atoms. The predicted molar refractivity (Wildman–Crippen MR) is 104 cm³/mol. The SMILES string of the molecule is COc1ccc(NC(=O)C2CC(=O)N(c3cc(C)ccc3OC)C2)cc1N. The van der Waals surface area contributed by atoms with E-state index in [1.165, 1.54) is 7.11 Å². The third-order valence-electron chi connectivity index (χ3n) is 4.62. The molecule has 2 aromatic carbocycles. The summed E-state index contributed by atoms with van der Waals surface area (Å²) in [4.78, 5) is 26.8. The highest BCUT2D eigenvalue weighted by Gasteiger charge is 2.36. The van der Waals surface area contributed by atoms with Gasteiger partial charge in [-0.3, -0.25) is 9.59 Å². The van der Waals surface area contributed by atoms with E-state index in [0.717, 1.165) is 5.56 Å². The van der Waals surface area contributed by atoms with Crippen LogP contribution in [0.15, 0.2) is 36.4 Å². The molecule has 1 aliphatic heterocycles. The molecular weight excluding hydrogens is 346 g/mol. The minimum Gasteiger partial charge on any atom is -0.495 e. The Morgan fingerprint density at radius 2 is 1.85 bits per heavy atom. The van der Waals surface area contributed by atoms with Gasteiger partial charge in [0.1, 0.15) is 11.5 Å². The lowest BCUT2D eigenvalue weighted by Gasteiger charge is -2.20. The van der Waals surface area contributed by atoms with E-state index < -0.39 is 5.92 Å². The van der Waals surface area contributed by atoms with Gasteiger partial charge >= 0.3 is 0 Å². The fourth-order valence-electron chi connectivity index (χ4n) is 3.18. The number of nitrogens with two attached hydrogens (primary N) is 1. The van der Waals surface area contributed by atoms with E-state index in [2.05, 4.69) is 5.32 Å². The summed E-state index contributed by atoms with van der Waals surface area (Å²) in [5, 5.41) is 2.82. The van der Waals surface area contributed by atoms with Crippen molar-refractivity contribution in [3.8, 4) is 11.5 Å². The largest absolute Gasteiger partial charge is 0.495 e. The summed E-state index contributed by atoms with van der Waals surface area (Å²) < 4.78 is 10.5. The summed E-state index contributed by atoms with van der Waals surface area (Å²) in [6, 6.07) is 10.7. The molecule has 0 saturated carbocycles. The van der Waals surface area contributed by atoms with Gasteiger partial charge in [-0.1, -0.05) is 6.07 Å². The number of nitrogen functional groups attached to an aromatic ring is 1. The van der Waals surface area contributed by atoms with Gasteiger partial charge < -0.3 is 25.4 Å². The average Bonchev–Trinajstić information content (AvgIpc) is 3.03. The standard InChI is InChI=1S/C20H23N3O4/c1-12-4-6-18(27-3)16(8-12)23-11-13(9-19(23)24)20(25)22-14-5-7-17(26-2)15(21)10-14/h4-8,10,13H,9,11,21H2,1-3H3,(H,22,25). The van der Waals surface area contributed by atoms with Crippen LogP contribution in [-0.4, -0.2) is 32.6 Å². The van der Waals surface area contributed by atoms with Crippen molar-refractivity contribution >= 4 is 28.9 Å². The van der Waals surface area contributed by atoms with E-state index in [1.807, 2.05) is 25.1 Å². The van der Waals surface area contributed by atoms with Crippen LogP contribution in [0.25, 0.3) is 0 Å². The summed E-state index contributed by atoms with van der Waals surface area (Å²) in [5.41, 5.74) is 8.58. The predicted octanol–water partition coefficient (Wildman–Crippen LogP) is 2.59. The van der Waals surface area contributed by atoms with Crippen LogP contribution < -0.4 is 25.4 Å². The lowest BCUT2D eigenvalue weighted by atomic mass is 10.1. The van der Waals surface area contributed by atoms with Gasteiger partial charge in [0.15, 0.2) is 0 Å². The number of hydrogen-bond acceptors (Lipinski definition) is 5. The number of nitrogens with one attached hydrogen (secondary N) is 1. The number of methoxy groups -OCH3 is 2. The molecule has 2 amide bonds. The molecule has 7 heteroatoms. The smallest absolute Gasteiger partial charge is 0.229 e. The number of ether oxygens (including phenoxy) is 2. The van der Waals surface area contributed by atoms with Crippen molar-refractivity contribution in [1.82, 2.24) is 0 Å². The Labute approximate surface area is 158 Å². The molecule has 0 spiro atoms. The Kier molecular flexibility index (Phi) is 5.21. The molecule has 1 aliphatic rings. The van der Waals surface area contributed by atoms with Crippen molar-refractivity contribution in [2.75, 3.05) is 36.7 Å². The molecule has 2 aromatic rings. The molecule has 1 heterocycles.